The molecule has 1 heterocycles. The Morgan fingerprint density at radius 1 is 1.11 bits per heavy atom. The van der Waals surface area contributed by atoms with E-state index in [0.29, 0.717) is 5.02 Å². The standard InChI is InChI=1S/C14H19ClN2O/c15-12-7-6-8-13(11-12)16-14(18)17-9-4-2-1-3-5-10-17/h6-8,11H,1-5,9-10H2,(H,16,18). The summed E-state index contributed by atoms with van der Waals surface area (Å²) in [6.45, 7) is 1.71. The lowest BCUT2D eigenvalue weighted by atomic mass is 10.1. The zero-order valence-corrected chi connectivity index (χ0v) is 11.2. The van der Waals surface area contributed by atoms with Crippen LogP contribution in [0.15, 0.2) is 24.3 Å². The Morgan fingerprint density at radius 2 is 1.78 bits per heavy atom. The summed E-state index contributed by atoms with van der Waals surface area (Å²) in [5.74, 6) is 0. The van der Waals surface area contributed by atoms with Crippen molar-refractivity contribution in [2.24, 2.45) is 0 Å². The fraction of sp³-hybridized carbons (Fsp3) is 0.500. The molecule has 1 aliphatic rings. The van der Waals surface area contributed by atoms with E-state index >= 15 is 0 Å². The number of likely N-dealkylation sites (tertiary alicyclic amines) is 1. The van der Waals surface area contributed by atoms with Gasteiger partial charge in [0.2, 0.25) is 0 Å². The summed E-state index contributed by atoms with van der Waals surface area (Å²) in [7, 11) is 0. The van der Waals surface area contributed by atoms with Gasteiger partial charge in [0.15, 0.2) is 0 Å². The molecule has 2 amide bonds. The lowest BCUT2D eigenvalue weighted by Crippen LogP contribution is -2.37. The third-order valence-electron chi connectivity index (χ3n) is 3.22. The molecule has 0 unspecified atom stereocenters. The van der Waals surface area contributed by atoms with Crippen molar-refractivity contribution in [2.45, 2.75) is 32.1 Å². The van der Waals surface area contributed by atoms with Crippen molar-refractivity contribution < 1.29 is 4.79 Å². The maximum atomic E-state index is 12.1. The molecule has 0 saturated carbocycles. The normalized spacial score (nSPS) is 16.8. The number of nitrogens with zero attached hydrogens (tertiary/aromatic N) is 1. The number of urea groups is 1. The summed E-state index contributed by atoms with van der Waals surface area (Å²) in [5.41, 5.74) is 0.759. The number of nitrogens with one attached hydrogen (secondary N) is 1. The van der Waals surface area contributed by atoms with Gasteiger partial charge in [-0.1, -0.05) is 36.9 Å². The molecule has 2 rings (SSSR count). The Hall–Kier alpha value is -1.22. The smallest absolute Gasteiger partial charge is 0.321 e. The first-order valence-electron chi connectivity index (χ1n) is 6.57. The quantitative estimate of drug-likeness (QED) is 0.814. The molecule has 18 heavy (non-hydrogen) atoms. The Kier molecular flexibility index (Phi) is 4.88. The third-order valence-corrected chi connectivity index (χ3v) is 3.45. The van der Waals surface area contributed by atoms with E-state index in [0.717, 1.165) is 31.6 Å². The third kappa shape index (κ3) is 3.91. The van der Waals surface area contributed by atoms with E-state index in [1.807, 2.05) is 17.0 Å². The number of amides is 2. The summed E-state index contributed by atoms with van der Waals surface area (Å²) in [5, 5.41) is 3.54. The highest BCUT2D eigenvalue weighted by Gasteiger charge is 2.14. The predicted octanol–water partition coefficient (Wildman–Crippen LogP) is 4.14. The number of benzene rings is 1. The molecule has 1 aromatic carbocycles. The molecule has 0 radical (unpaired) electrons. The summed E-state index contributed by atoms with van der Waals surface area (Å²) >= 11 is 5.90. The second-order valence-corrected chi connectivity index (χ2v) is 5.13. The lowest BCUT2D eigenvalue weighted by Gasteiger charge is -2.25. The van der Waals surface area contributed by atoms with Gasteiger partial charge in [-0.25, -0.2) is 4.79 Å². The van der Waals surface area contributed by atoms with Crippen LogP contribution in [0.1, 0.15) is 32.1 Å². The number of anilines is 1. The molecular weight excluding hydrogens is 248 g/mol. The minimum Gasteiger partial charge on any atom is -0.325 e. The second-order valence-electron chi connectivity index (χ2n) is 4.70. The molecule has 1 N–H and O–H groups in total. The molecule has 98 valence electrons. The van der Waals surface area contributed by atoms with Crippen LogP contribution < -0.4 is 5.32 Å². The summed E-state index contributed by atoms with van der Waals surface area (Å²) in [6.07, 6.45) is 5.94. The first-order valence-corrected chi connectivity index (χ1v) is 6.95. The fourth-order valence-corrected chi connectivity index (χ4v) is 2.41. The maximum absolute atomic E-state index is 12.1. The number of hydrogen-bond donors (Lipinski definition) is 1. The van der Waals surface area contributed by atoms with Crippen LogP contribution in [0.4, 0.5) is 10.5 Å². The molecule has 1 fully saturated rings. The summed E-state index contributed by atoms with van der Waals surface area (Å²) < 4.78 is 0. The Bertz CT molecular complexity index is 401. The highest BCUT2D eigenvalue weighted by Crippen LogP contribution is 2.16. The molecule has 0 spiro atoms. The van der Waals surface area contributed by atoms with Crippen molar-refractivity contribution in [3.8, 4) is 0 Å². The predicted molar refractivity (Wildman–Crippen MR) is 75.1 cm³/mol. The van der Waals surface area contributed by atoms with Crippen molar-refractivity contribution in [1.29, 1.82) is 0 Å². The van der Waals surface area contributed by atoms with Crippen LogP contribution in [0.2, 0.25) is 5.02 Å². The van der Waals surface area contributed by atoms with E-state index in [2.05, 4.69) is 5.32 Å². The Morgan fingerprint density at radius 3 is 2.44 bits per heavy atom. The van der Waals surface area contributed by atoms with Crippen LogP contribution in [-0.4, -0.2) is 24.0 Å². The Balaban J connectivity index is 1.93. The highest BCUT2D eigenvalue weighted by molar-refractivity contribution is 6.30. The molecule has 0 atom stereocenters. The van der Waals surface area contributed by atoms with Gasteiger partial charge in [-0.15, -0.1) is 0 Å². The van der Waals surface area contributed by atoms with Crippen LogP contribution in [0.25, 0.3) is 0 Å². The van der Waals surface area contributed by atoms with Crippen molar-refractivity contribution in [3.05, 3.63) is 29.3 Å². The highest BCUT2D eigenvalue weighted by atomic mass is 35.5. The van der Waals surface area contributed by atoms with E-state index in [1.54, 1.807) is 12.1 Å². The molecule has 4 heteroatoms. The summed E-state index contributed by atoms with van der Waals surface area (Å²) in [6, 6.07) is 7.25. The number of carbonyl (C=O) groups excluding carboxylic acids is 1. The topological polar surface area (TPSA) is 32.3 Å². The van der Waals surface area contributed by atoms with Gasteiger partial charge in [0, 0.05) is 23.8 Å². The SMILES string of the molecule is O=C(Nc1cccc(Cl)c1)N1CCCCCCC1. The van der Waals surface area contributed by atoms with E-state index in [9.17, 15) is 4.79 Å². The second kappa shape index (κ2) is 6.64. The van der Waals surface area contributed by atoms with E-state index in [4.69, 9.17) is 11.6 Å². The average molecular weight is 267 g/mol. The average Bonchev–Trinajstić information content (AvgIpc) is 2.28. The number of hydrogen-bond acceptors (Lipinski definition) is 1. The number of halogens is 1. The van der Waals surface area contributed by atoms with E-state index < -0.39 is 0 Å². The van der Waals surface area contributed by atoms with Gasteiger partial charge in [-0.2, -0.15) is 0 Å². The van der Waals surface area contributed by atoms with Gasteiger partial charge in [-0.3, -0.25) is 0 Å². The molecule has 0 bridgehead atoms. The molecule has 3 nitrogen and oxygen atoms in total. The van der Waals surface area contributed by atoms with Crippen LogP contribution in [0, 0.1) is 0 Å². The van der Waals surface area contributed by atoms with Crippen molar-refractivity contribution >= 4 is 23.3 Å². The van der Waals surface area contributed by atoms with Crippen LogP contribution >= 0.6 is 11.6 Å². The van der Waals surface area contributed by atoms with Crippen LogP contribution in [0.3, 0.4) is 0 Å². The zero-order chi connectivity index (χ0) is 12.8. The largest absolute Gasteiger partial charge is 0.325 e. The number of rotatable bonds is 1. The van der Waals surface area contributed by atoms with Crippen molar-refractivity contribution in [2.75, 3.05) is 18.4 Å². The first-order chi connectivity index (χ1) is 8.75. The lowest BCUT2D eigenvalue weighted by molar-refractivity contribution is 0.206. The molecular formula is C14H19ClN2O. The number of carbonyl (C=O) groups is 1. The van der Waals surface area contributed by atoms with Gasteiger partial charge in [0.05, 0.1) is 0 Å². The van der Waals surface area contributed by atoms with Gasteiger partial charge >= 0.3 is 6.03 Å². The first kappa shape index (κ1) is 13.2. The molecule has 0 aromatic heterocycles. The minimum absolute atomic E-state index is 0.0147. The molecule has 0 aliphatic carbocycles. The van der Waals surface area contributed by atoms with Gasteiger partial charge in [-0.05, 0) is 31.0 Å². The van der Waals surface area contributed by atoms with Crippen molar-refractivity contribution in [1.82, 2.24) is 4.90 Å². The molecule has 1 saturated heterocycles. The van der Waals surface area contributed by atoms with Gasteiger partial charge in [0.1, 0.15) is 0 Å². The van der Waals surface area contributed by atoms with Gasteiger partial charge < -0.3 is 10.2 Å². The van der Waals surface area contributed by atoms with E-state index in [1.165, 1.54) is 19.3 Å². The van der Waals surface area contributed by atoms with E-state index in [-0.39, 0.29) is 6.03 Å². The summed E-state index contributed by atoms with van der Waals surface area (Å²) in [4.78, 5) is 14.0. The maximum Gasteiger partial charge on any atom is 0.321 e. The van der Waals surface area contributed by atoms with Crippen LogP contribution in [-0.2, 0) is 0 Å². The molecule has 1 aliphatic heterocycles. The zero-order valence-electron chi connectivity index (χ0n) is 10.5. The fourth-order valence-electron chi connectivity index (χ4n) is 2.22. The Labute approximate surface area is 113 Å². The monoisotopic (exact) mass is 266 g/mol. The van der Waals surface area contributed by atoms with Gasteiger partial charge in [0.25, 0.3) is 0 Å². The minimum atomic E-state index is -0.0147. The van der Waals surface area contributed by atoms with Crippen LogP contribution in [0.5, 0.6) is 0 Å². The van der Waals surface area contributed by atoms with Crippen molar-refractivity contribution in [3.63, 3.8) is 0 Å². The molecule has 1 aromatic rings.